The van der Waals surface area contributed by atoms with Crippen LogP contribution in [0.1, 0.15) is 31.2 Å². The first kappa shape index (κ1) is 15.4. The Balaban J connectivity index is 1.62. The van der Waals surface area contributed by atoms with Crippen molar-refractivity contribution in [1.29, 1.82) is 0 Å². The van der Waals surface area contributed by atoms with Gasteiger partial charge >= 0.3 is 6.09 Å². The zero-order chi connectivity index (χ0) is 15.1. The molecular weight excluding hydrogens is 270 g/mol. The number of alkyl carbamates (subject to hydrolysis) is 1. The summed E-state index contributed by atoms with van der Waals surface area (Å²) in [4.78, 5) is 22.3. The lowest BCUT2D eigenvalue weighted by Crippen LogP contribution is -2.36. The van der Waals surface area contributed by atoms with Crippen molar-refractivity contribution in [2.24, 2.45) is 11.8 Å². The molecule has 1 aromatic rings. The van der Waals surface area contributed by atoms with Gasteiger partial charge in [0.15, 0.2) is 0 Å². The second-order valence-corrected chi connectivity index (χ2v) is 5.48. The van der Waals surface area contributed by atoms with Gasteiger partial charge in [0, 0.05) is 12.5 Å². The van der Waals surface area contributed by atoms with Crippen LogP contribution in [0, 0.1) is 11.8 Å². The zero-order valence-electron chi connectivity index (χ0n) is 11.9. The molecule has 0 unspecified atom stereocenters. The molecule has 0 aromatic heterocycles. The Morgan fingerprint density at radius 1 is 1.14 bits per heavy atom. The van der Waals surface area contributed by atoms with Crippen molar-refractivity contribution in [3.63, 3.8) is 0 Å². The van der Waals surface area contributed by atoms with E-state index >= 15 is 0 Å². The third-order valence-electron chi connectivity index (χ3n) is 3.93. The minimum absolute atomic E-state index is 0.254. The number of hydrogen-bond acceptors (Lipinski definition) is 4. The van der Waals surface area contributed by atoms with E-state index in [-0.39, 0.29) is 12.5 Å². The van der Waals surface area contributed by atoms with E-state index in [1.807, 2.05) is 30.3 Å². The van der Waals surface area contributed by atoms with Gasteiger partial charge in [-0.05, 0) is 43.1 Å². The maximum atomic E-state index is 11.6. The number of carbonyl (C=O) groups excluding carboxylic acids is 2. The first-order chi connectivity index (χ1) is 10.1. The van der Waals surface area contributed by atoms with Gasteiger partial charge in [0.05, 0.1) is 0 Å². The van der Waals surface area contributed by atoms with Crippen molar-refractivity contribution in [1.82, 2.24) is 5.32 Å². The van der Waals surface area contributed by atoms with Gasteiger partial charge in [-0.1, -0.05) is 30.3 Å². The van der Waals surface area contributed by atoms with Crippen LogP contribution in [0.25, 0.3) is 0 Å². The van der Waals surface area contributed by atoms with E-state index in [0.717, 1.165) is 18.4 Å². The summed E-state index contributed by atoms with van der Waals surface area (Å²) in [6, 6.07) is 9.49. The smallest absolute Gasteiger partial charge is 0.407 e. The number of rotatable bonds is 5. The maximum Gasteiger partial charge on any atom is 0.407 e. The van der Waals surface area contributed by atoms with Gasteiger partial charge in [-0.2, -0.15) is 0 Å². The Morgan fingerprint density at radius 3 is 2.43 bits per heavy atom. The first-order valence-corrected chi connectivity index (χ1v) is 7.30. The van der Waals surface area contributed by atoms with Crippen LogP contribution in [-0.2, 0) is 16.1 Å². The van der Waals surface area contributed by atoms with E-state index in [9.17, 15) is 14.7 Å². The number of amides is 1. The van der Waals surface area contributed by atoms with Crippen molar-refractivity contribution in [2.45, 2.75) is 32.3 Å². The van der Waals surface area contributed by atoms with E-state index in [4.69, 9.17) is 4.74 Å². The predicted molar refractivity (Wildman–Crippen MR) is 75.1 cm³/mol. The molecule has 1 aliphatic carbocycles. The fourth-order valence-electron chi connectivity index (χ4n) is 2.60. The lowest BCUT2D eigenvalue weighted by atomic mass is 9.82. The maximum absolute atomic E-state index is 11.6. The van der Waals surface area contributed by atoms with Crippen LogP contribution >= 0.6 is 0 Å². The summed E-state index contributed by atoms with van der Waals surface area (Å²) in [7, 11) is 0. The van der Waals surface area contributed by atoms with Crippen molar-refractivity contribution >= 4 is 12.1 Å². The van der Waals surface area contributed by atoms with E-state index in [2.05, 4.69) is 5.32 Å². The molecule has 0 spiro atoms. The molecule has 0 heterocycles. The Labute approximate surface area is 124 Å². The van der Waals surface area contributed by atoms with Crippen molar-refractivity contribution in [2.75, 3.05) is 6.54 Å². The number of aliphatic carboxylic acids is 1. The van der Waals surface area contributed by atoms with Gasteiger partial charge in [-0.15, -0.1) is 0 Å². The summed E-state index contributed by atoms with van der Waals surface area (Å²) in [5.74, 6) is -0.958. The molecule has 5 heteroatoms. The van der Waals surface area contributed by atoms with Crippen LogP contribution < -0.4 is 10.4 Å². The zero-order valence-corrected chi connectivity index (χ0v) is 11.9. The molecule has 1 aromatic carbocycles. The molecule has 21 heavy (non-hydrogen) atoms. The lowest BCUT2D eigenvalue weighted by molar-refractivity contribution is -0.312. The SMILES string of the molecule is O=C(NCC1CCC(C(=O)[O-])CC1)OCc1ccccc1. The van der Waals surface area contributed by atoms with Crippen molar-refractivity contribution in [3.05, 3.63) is 35.9 Å². The largest absolute Gasteiger partial charge is 0.550 e. The fourth-order valence-corrected chi connectivity index (χ4v) is 2.60. The number of carbonyl (C=O) groups is 2. The number of benzene rings is 1. The molecule has 0 atom stereocenters. The fraction of sp³-hybridized carbons (Fsp3) is 0.500. The molecule has 1 aliphatic rings. The van der Waals surface area contributed by atoms with Crippen LogP contribution in [0.5, 0.6) is 0 Å². The predicted octanol–water partition coefficient (Wildman–Crippen LogP) is 1.47. The highest BCUT2D eigenvalue weighted by molar-refractivity contribution is 5.68. The quantitative estimate of drug-likeness (QED) is 0.890. The summed E-state index contributed by atoms with van der Waals surface area (Å²) < 4.78 is 5.12. The third-order valence-corrected chi connectivity index (χ3v) is 3.93. The van der Waals surface area contributed by atoms with Gasteiger partial charge in [0.25, 0.3) is 0 Å². The Hall–Kier alpha value is -2.04. The van der Waals surface area contributed by atoms with Crippen molar-refractivity contribution in [3.8, 4) is 0 Å². The summed E-state index contributed by atoms with van der Waals surface area (Å²) in [6.07, 6.45) is 2.44. The van der Waals surface area contributed by atoms with E-state index in [1.54, 1.807) is 0 Å². The molecule has 2 rings (SSSR count). The number of hydrogen-bond donors (Lipinski definition) is 1. The highest BCUT2D eigenvalue weighted by atomic mass is 16.5. The average molecular weight is 290 g/mol. The number of ether oxygens (including phenoxy) is 1. The van der Waals surface area contributed by atoms with Gasteiger partial charge in [0.1, 0.15) is 6.61 Å². The van der Waals surface area contributed by atoms with Crippen LogP contribution in [0.3, 0.4) is 0 Å². The molecule has 1 fully saturated rings. The molecule has 0 aliphatic heterocycles. The summed E-state index contributed by atoms with van der Waals surface area (Å²) in [5, 5.41) is 13.5. The highest BCUT2D eigenvalue weighted by Gasteiger charge is 2.22. The van der Waals surface area contributed by atoms with Gasteiger partial charge in [-0.25, -0.2) is 4.79 Å². The number of carboxylic acid groups (broad SMARTS) is 1. The molecule has 5 nitrogen and oxygen atoms in total. The third kappa shape index (κ3) is 5.10. The van der Waals surface area contributed by atoms with Crippen LogP contribution in [-0.4, -0.2) is 18.6 Å². The highest BCUT2D eigenvalue weighted by Crippen LogP contribution is 2.27. The molecule has 0 saturated heterocycles. The normalized spacial score (nSPS) is 21.5. The Bertz CT molecular complexity index is 466. The van der Waals surface area contributed by atoms with E-state index < -0.39 is 12.1 Å². The Kier molecular flexibility index (Phi) is 5.60. The number of carboxylic acids is 1. The van der Waals surface area contributed by atoms with Gasteiger partial charge in [0.2, 0.25) is 0 Å². The van der Waals surface area contributed by atoms with Gasteiger partial charge < -0.3 is 20.0 Å². The van der Waals surface area contributed by atoms with Crippen LogP contribution in [0.2, 0.25) is 0 Å². The summed E-state index contributed by atoms with van der Waals surface area (Å²) >= 11 is 0. The molecule has 1 amide bonds. The minimum Gasteiger partial charge on any atom is -0.550 e. The first-order valence-electron chi connectivity index (χ1n) is 7.30. The molecular formula is C16H20NO4-. The number of nitrogens with one attached hydrogen (secondary N) is 1. The Morgan fingerprint density at radius 2 is 1.81 bits per heavy atom. The summed E-state index contributed by atoms with van der Waals surface area (Å²) in [5.41, 5.74) is 0.946. The second kappa shape index (κ2) is 7.67. The molecule has 0 radical (unpaired) electrons. The topological polar surface area (TPSA) is 78.5 Å². The monoisotopic (exact) mass is 290 g/mol. The van der Waals surface area contributed by atoms with E-state index in [0.29, 0.717) is 25.3 Å². The van der Waals surface area contributed by atoms with Crippen LogP contribution in [0.15, 0.2) is 30.3 Å². The lowest BCUT2D eigenvalue weighted by Gasteiger charge is -2.28. The molecule has 0 bridgehead atoms. The second-order valence-electron chi connectivity index (χ2n) is 5.48. The molecule has 114 valence electrons. The average Bonchev–Trinajstić information content (AvgIpc) is 2.52. The standard InChI is InChI=1S/C16H21NO4/c18-15(19)14-8-6-12(7-9-14)10-17-16(20)21-11-13-4-2-1-3-5-13/h1-5,12,14H,6-11H2,(H,17,20)(H,18,19)/p-1. The van der Waals surface area contributed by atoms with Crippen molar-refractivity contribution < 1.29 is 19.4 Å². The molecule has 1 N–H and O–H groups in total. The van der Waals surface area contributed by atoms with Crippen LogP contribution in [0.4, 0.5) is 4.79 Å². The van der Waals surface area contributed by atoms with Gasteiger partial charge in [-0.3, -0.25) is 0 Å². The summed E-state index contributed by atoms with van der Waals surface area (Å²) in [6.45, 7) is 0.789. The molecule has 1 saturated carbocycles. The minimum atomic E-state index is -0.955. The van der Waals surface area contributed by atoms with E-state index in [1.165, 1.54) is 0 Å².